The molecule has 0 aliphatic carbocycles. The molecule has 1 aromatic carbocycles. The number of nitrogens with one attached hydrogen (secondary N) is 1. The molecule has 0 radical (unpaired) electrons. The molecule has 1 heterocycles. The van der Waals surface area contributed by atoms with Gasteiger partial charge < -0.3 is 10.1 Å². The van der Waals surface area contributed by atoms with Gasteiger partial charge in [-0.1, -0.05) is 31.9 Å². The maximum absolute atomic E-state index is 10.1. The van der Waals surface area contributed by atoms with Crippen molar-refractivity contribution in [1.82, 2.24) is 4.98 Å². The van der Waals surface area contributed by atoms with Crippen molar-refractivity contribution >= 4 is 31.9 Å². The molecule has 0 bridgehead atoms. The number of halogens is 2. The second kappa shape index (κ2) is 4.51. The lowest BCUT2D eigenvalue weighted by atomic mass is 10.1. The SMILES string of the molecule is OC(c1ccc[nH]1)c1cc(Br)ccc1Br. The van der Waals surface area contributed by atoms with Crippen molar-refractivity contribution in [2.24, 2.45) is 0 Å². The van der Waals surface area contributed by atoms with Gasteiger partial charge in [0.15, 0.2) is 0 Å². The molecular weight excluding hydrogens is 322 g/mol. The zero-order valence-electron chi connectivity index (χ0n) is 7.74. The number of aromatic nitrogens is 1. The summed E-state index contributed by atoms with van der Waals surface area (Å²) in [5.41, 5.74) is 1.63. The molecule has 15 heavy (non-hydrogen) atoms. The van der Waals surface area contributed by atoms with E-state index >= 15 is 0 Å². The van der Waals surface area contributed by atoms with E-state index in [0.717, 1.165) is 20.2 Å². The van der Waals surface area contributed by atoms with Crippen molar-refractivity contribution < 1.29 is 5.11 Å². The summed E-state index contributed by atoms with van der Waals surface area (Å²) in [4.78, 5) is 3.00. The summed E-state index contributed by atoms with van der Waals surface area (Å²) >= 11 is 6.81. The maximum Gasteiger partial charge on any atom is 0.120 e. The Hall–Kier alpha value is -0.580. The van der Waals surface area contributed by atoms with Gasteiger partial charge in [-0.15, -0.1) is 0 Å². The molecule has 0 saturated heterocycles. The third-order valence-corrected chi connectivity index (χ3v) is 3.38. The number of H-pyrrole nitrogens is 1. The minimum Gasteiger partial charge on any atom is -0.382 e. The Bertz CT molecular complexity index is 454. The lowest BCUT2D eigenvalue weighted by Gasteiger charge is -2.11. The van der Waals surface area contributed by atoms with E-state index in [0.29, 0.717) is 0 Å². The fourth-order valence-electron chi connectivity index (χ4n) is 1.41. The van der Waals surface area contributed by atoms with Crippen LogP contribution in [0.4, 0.5) is 0 Å². The Labute approximate surface area is 105 Å². The first-order valence-electron chi connectivity index (χ1n) is 4.45. The van der Waals surface area contributed by atoms with Gasteiger partial charge in [-0.25, -0.2) is 0 Å². The lowest BCUT2D eigenvalue weighted by Crippen LogP contribution is -2.00. The van der Waals surface area contributed by atoms with Crippen LogP contribution in [0, 0.1) is 0 Å². The largest absolute Gasteiger partial charge is 0.382 e. The van der Waals surface area contributed by atoms with Crippen LogP contribution in [0.3, 0.4) is 0 Å². The quantitative estimate of drug-likeness (QED) is 0.866. The lowest BCUT2D eigenvalue weighted by molar-refractivity contribution is 0.215. The predicted octanol–water partition coefficient (Wildman–Crippen LogP) is 3.62. The van der Waals surface area contributed by atoms with Crippen LogP contribution in [0.2, 0.25) is 0 Å². The summed E-state index contributed by atoms with van der Waals surface area (Å²) in [6, 6.07) is 9.46. The molecule has 2 rings (SSSR count). The molecule has 1 unspecified atom stereocenters. The maximum atomic E-state index is 10.1. The predicted molar refractivity (Wildman–Crippen MR) is 66.7 cm³/mol. The van der Waals surface area contributed by atoms with Crippen LogP contribution < -0.4 is 0 Å². The van der Waals surface area contributed by atoms with Crippen LogP contribution >= 0.6 is 31.9 Å². The van der Waals surface area contributed by atoms with Gasteiger partial charge in [-0.3, -0.25) is 0 Å². The van der Waals surface area contributed by atoms with E-state index in [-0.39, 0.29) is 0 Å². The summed E-state index contributed by atoms with van der Waals surface area (Å²) in [7, 11) is 0. The zero-order chi connectivity index (χ0) is 10.8. The molecule has 2 nitrogen and oxygen atoms in total. The Balaban J connectivity index is 2.41. The normalized spacial score (nSPS) is 12.7. The first-order chi connectivity index (χ1) is 7.18. The summed E-state index contributed by atoms with van der Waals surface area (Å²) in [5.74, 6) is 0. The van der Waals surface area contributed by atoms with Crippen LogP contribution in [-0.2, 0) is 0 Å². The third-order valence-electron chi connectivity index (χ3n) is 2.17. The van der Waals surface area contributed by atoms with Crippen LogP contribution in [0.15, 0.2) is 45.5 Å². The summed E-state index contributed by atoms with van der Waals surface area (Å²) < 4.78 is 1.85. The molecule has 0 spiro atoms. The second-order valence-corrected chi connectivity index (χ2v) is 4.96. The van der Waals surface area contributed by atoms with Gasteiger partial charge in [0.2, 0.25) is 0 Å². The Morgan fingerprint density at radius 3 is 2.67 bits per heavy atom. The van der Waals surface area contributed by atoms with Gasteiger partial charge >= 0.3 is 0 Å². The van der Waals surface area contributed by atoms with Crippen LogP contribution in [0.5, 0.6) is 0 Å². The summed E-state index contributed by atoms with van der Waals surface area (Å²) in [6.45, 7) is 0. The highest BCUT2D eigenvalue weighted by atomic mass is 79.9. The Morgan fingerprint density at radius 1 is 1.20 bits per heavy atom. The minimum atomic E-state index is -0.633. The van der Waals surface area contributed by atoms with Crippen molar-refractivity contribution in [3.05, 3.63) is 56.7 Å². The molecule has 2 N–H and O–H groups in total. The molecule has 0 saturated carbocycles. The number of benzene rings is 1. The van der Waals surface area contributed by atoms with Crippen molar-refractivity contribution in [2.75, 3.05) is 0 Å². The van der Waals surface area contributed by atoms with E-state index in [1.54, 1.807) is 6.20 Å². The van der Waals surface area contributed by atoms with Gasteiger partial charge in [-0.05, 0) is 30.3 Å². The number of hydrogen-bond acceptors (Lipinski definition) is 1. The molecule has 1 atom stereocenters. The number of rotatable bonds is 2. The fraction of sp³-hybridized carbons (Fsp3) is 0.0909. The van der Waals surface area contributed by atoms with E-state index < -0.39 is 6.10 Å². The molecule has 0 fully saturated rings. The zero-order valence-corrected chi connectivity index (χ0v) is 10.9. The highest BCUT2D eigenvalue weighted by molar-refractivity contribution is 9.11. The monoisotopic (exact) mass is 329 g/mol. The van der Waals surface area contributed by atoms with E-state index in [2.05, 4.69) is 36.8 Å². The summed E-state index contributed by atoms with van der Waals surface area (Å²) in [6.07, 6.45) is 1.16. The number of aliphatic hydroxyl groups is 1. The van der Waals surface area contributed by atoms with Crippen LogP contribution in [-0.4, -0.2) is 10.1 Å². The Kier molecular flexibility index (Phi) is 3.29. The smallest absolute Gasteiger partial charge is 0.120 e. The third kappa shape index (κ3) is 2.33. The van der Waals surface area contributed by atoms with Gasteiger partial charge in [0, 0.05) is 26.4 Å². The van der Waals surface area contributed by atoms with Crippen LogP contribution in [0.1, 0.15) is 17.4 Å². The molecular formula is C11H9Br2NO. The van der Waals surface area contributed by atoms with Gasteiger partial charge in [0.1, 0.15) is 6.10 Å². The summed E-state index contributed by atoms with van der Waals surface area (Å²) in [5, 5.41) is 10.1. The van der Waals surface area contributed by atoms with Crippen molar-refractivity contribution in [3.8, 4) is 0 Å². The minimum absolute atomic E-state index is 0.633. The fourth-order valence-corrected chi connectivity index (χ4v) is 2.25. The molecule has 0 amide bonds. The van der Waals surface area contributed by atoms with Gasteiger partial charge in [0.05, 0.1) is 0 Å². The topological polar surface area (TPSA) is 36.0 Å². The van der Waals surface area contributed by atoms with E-state index in [1.165, 1.54) is 0 Å². The van der Waals surface area contributed by atoms with Crippen molar-refractivity contribution in [1.29, 1.82) is 0 Å². The first-order valence-corrected chi connectivity index (χ1v) is 6.03. The number of aromatic amines is 1. The second-order valence-electron chi connectivity index (χ2n) is 3.19. The average molecular weight is 331 g/mol. The van der Waals surface area contributed by atoms with Gasteiger partial charge in [0.25, 0.3) is 0 Å². The first kappa shape index (κ1) is 10.9. The molecule has 0 aliphatic rings. The number of aliphatic hydroxyl groups excluding tert-OH is 1. The average Bonchev–Trinajstić information content (AvgIpc) is 2.74. The highest BCUT2D eigenvalue weighted by Crippen LogP contribution is 2.30. The van der Waals surface area contributed by atoms with E-state index in [1.807, 2.05) is 30.3 Å². The van der Waals surface area contributed by atoms with Crippen molar-refractivity contribution in [2.45, 2.75) is 6.10 Å². The molecule has 78 valence electrons. The standard InChI is InChI=1S/C11H9Br2NO/c12-7-3-4-9(13)8(6-7)11(15)10-2-1-5-14-10/h1-6,11,14-15H. The molecule has 2 aromatic rings. The highest BCUT2D eigenvalue weighted by Gasteiger charge is 2.14. The molecule has 4 heteroatoms. The van der Waals surface area contributed by atoms with E-state index in [9.17, 15) is 5.11 Å². The molecule has 1 aromatic heterocycles. The van der Waals surface area contributed by atoms with Crippen LogP contribution in [0.25, 0.3) is 0 Å². The Morgan fingerprint density at radius 2 is 2.00 bits per heavy atom. The number of hydrogen-bond donors (Lipinski definition) is 2. The molecule has 0 aliphatic heterocycles. The van der Waals surface area contributed by atoms with Crippen molar-refractivity contribution in [3.63, 3.8) is 0 Å². The van der Waals surface area contributed by atoms with E-state index in [4.69, 9.17) is 0 Å². The van der Waals surface area contributed by atoms with Gasteiger partial charge in [-0.2, -0.15) is 0 Å².